The SMILES string of the molecule is Cc1cc(C)c(C#N)c(NCc2ccc(-n3ccnc3)nc2)n1. The van der Waals surface area contributed by atoms with Crippen molar-refractivity contribution in [3.05, 3.63) is 65.5 Å². The van der Waals surface area contributed by atoms with Gasteiger partial charge in [-0.2, -0.15) is 5.26 Å². The molecule has 0 unspecified atom stereocenters. The molecule has 0 amide bonds. The number of rotatable bonds is 4. The summed E-state index contributed by atoms with van der Waals surface area (Å²) in [6, 6.07) is 8.03. The van der Waals surface area contributed by atoms with E-state index in [1.807, 2.05) is 42.8 Å². The third-order valence-corrected chi connectivity index (χ3v) is 3.49. The van der Waals surface area contributed by atoms with E-state index in [9.17, 15) is 5.26 Å². The minimum absolute atomic E-state index is 0.557. The number of hydrogen-bond acceptors (Lipinski definition) is 5. The van der Waals surface area contributed by atoms with E-state index in [1.54, 1.807) is 18.7 Å². The Hall–Kier alpha value is -3.20. The van der Waals surface area contributed by atoms with Gasteiger partial charge in [-0.05, 0) is 37.1 Å². The van der Waals surface area contributed by atoms with Gasteiger partial charge in [0, 0.05) is 30.8 Å². The number of nitriles is 1. The molecule has 0 aliphatic carbocycles. The summed E-state index contributed by atoms with van der Waals surface area (Å²) in [5, 5.41) is 12.5. The van der Waals surface area contributed by atoms with Crippen molar-refractivity contribution in [1.29, 1.82) is 5.26 Å². The van der Waals surface area contributed by atoms with Crippen LogP contribution in [0.3, 0.4) is 0 Å². The van der Waals surface area contributed by atoms with Gasteiger partial charge in [-0.15, -0.1) is 0 Å². The monoisotopic (exact) mass is 304 g/mol. The first-order valence-electron chi connectivity index (χ1n) is 7.23. The fraction of sp³-hybridized carbons (Fsp3) is 0.176. The summed E-state index contributed by atoms with van der Waals surface area (Å²) in [5.41, 5.74) is 3.41. The summed E-state index contributed by atoms with van der Waals surface area (Å²) in [4.78, 5) is 12.8. The smallest absolute Gasteiger partial charge is 0.144 e. The zero-order valence-electron chi connectivity index (χ0n) is 13.0. The molecule has 0 bridgehead atoms. The van der Waals surface area contributed by atoms with Crippen LogP contribution in [0.4, 0.5) is 5.82 Å². The number of nitrogens with one attached hydrogen (secondary N) is 1. The molecular formula is C17H16N6. The number of aromatic nitrogens is 4. The molecule has 0 aromatic carbocycles. The quantitative estimate of drug-likeness (QED) is 0.801. The van der Waals surface area contributed by atoms with Gasteiger partial charge in [-0.3, -0.25) is 4.57 Å². The third-order valence-electron chi connectivity index (χ3n) is 3.49. The van der Waals surface area contributed by atoms with E-state index in [4.69, 9.17) is 0 Å². The molecule has 0 fully saturated rings. The first-order valence-corrected chi connectivity index (χ1v) is 7.23. The lowest BCUT2D eigenvalue weighted by Crippen LogP contribution is -2.06. The van der Waals surface area contributed by atoms with Crippen molar-refractivity contribution in [2.75, 3.05) is 5.32 Å². The molecule has 23 heavy (non-hydrogen) atoms. The fourth-order valence-electron chi connectivity index (χ4n) is 2.36. The van der Waals surface area contributed by atoms with Crippen molar-refractivity contribution < 1.29 is 0 Å². The molecule has 0 saturated heterocycles. The minimum Gasteiger partial charge on any atom is -0.365 e. The van der Waals surface area contributed by atoms with Gasteiger partial charge in [0.1, 0.15) is 24.0 Å². The fourth-order valence-corrected chi connectivity index (χ4v) is 2.36. The summed E-state index contributed by atoms with van der Waals surface area (Å²) in [7, 11) is 0. The van der Waals surface area contributed by atoms with Crippen LogP contribution in [-0.4, -0.2) is 19.5 Å². The van der Waals surface area contributed by atoms with Crippen LogP contribution in [0.25, 0.3) is 5.82 Å². The van der Waals surface area contributed by atoms with E-state index in [0.717, 1.165) is 22.6 Å². The van der Waals surface area contributed by atoms with E-state index in [1.165, 1.54) is 0 Å². The van der Waals surface area contributed by atoms with Gasteiger partial charge in [0.25, 0.3) is 0 Å². The zero-order chi connectivity index (χ0) is 16.2. The first-order chi connectivity index (χ1) is 11.2. The number of anilines is 1. The molecule has 6 heteroatoms. The summed E-state index contributed by atoms with van der Waals surface area (Å²) < 4.78 is 1.84. The minimum atomic E-state index is 0.557. The Morgan fingerprint density at radius 3 is 2.83 bits per heavy atom. The van der Waals surface area contributed by atoms with E-state index in [-0.39, 0.29) is 0 Å². The number of pyridine rings is 2. The van der Waals surface area contributed by atoms with Crippen molar-refractivity contribution in [3.8, 4) is 11.9 Å². The van der Waals surface area contributed by atoms with Gasteiger partial charge in [0.05, 0.1) is 5.56 Å². The number of nitrogens with zero attached hydrogens (tertiary/aromatic N) is 5. The zero-order valence-corrected chi connectivity index (χ0v) is 13.0. The first kappa shape index (κ1) is 14.7. The van der Waals surface area contributed by atoms with Crippen LogP contribution in [0.2, 0.25) is 0 Å². The van der Waals surface area contributed by atoms with Crippen LogP contribution in [-0.2, 0) is 6.54 Å². The molecule has 0 radical (unpaired) electrons. The lowest BCUT2D eigenvalue weighted by Gasteiger charge is -2.10. The van der Waals surface area contributed by atoms with Gasteiger partial charge in [-0.25, -0.2) is 15.0 Å². The van der Waals surface area contributed by atoms with Crippen LogP contribution >= 0.6 is 0 Å². The topological polar surface area (TPSA) is 79.4 Å². The van der Waals surface area contributed by atoms with E-state index in [0.29, 0.717) is 17.9 Å². The van der Waals surface area contributed by atoms with E-state index in [2.05, 4.69) is 26.3 Å². The molecule has 3 aromatic rings. The van der Waals surface area contributed by atoms with Crippen LogP contribution in [0.5, 0.6) is 0 Å². The molecule has 0 aliphatic heterocycles. The molecule has 6 nitrogen and oxygen atoms in total. The highest BCUT2D eigenvalue weighted by Crippen LogP contribution is 2.18. The standard InChI is InChI=1S/C17H16N6/c1-12-7-13(2)22-17(15(12)8-18)21-10-14-3-4-16(20-9-14)23-6-5-19-11-23/h3-7,9,11H,10H2,1-2H3,(H,21,22). The number of hydrogen-bond donors (Lipinski definition) is 1. The molecule has 0 saturated carbocycles. The summed E-state index contributed by atoms with van der Waals surface area (Å²) >= 11 is 0. The third kappa shape index (κ3) is 3.19. The van der Waals surface area contributed by atoms with Crippen molar-refractivity contribution in [3.63, 3.8) is 0 Å². The maximum atomic E-state index is 9.28. The van der Waals surface area contributed by atoms with Crippen LogP contribution < -0.4 is 5.32 Å². The maximum absolute atomic E-state index is 9.28. The van der Waals surface area contributed by atoms with E-state index >= 15 is 0 Å². The Balaban J connectivity index is 1.75. The van der Waals surface area contributed by atoms with Crippen molar-refractivity contribution in [2.45, 2.75) is 20.4 Å². The average Bonchev–Trinajstić information content (AvgIpc) is 3.07. The number of imidazole rings is 1. The van der Waals surface area contributed by atoms with Gasteiger partial charge in [0.2, 0.25) is 0 Å². The summed E-state index contributed by atoms with van der Waals surface area (Å²) in [6.07, 6.45) is 7.07. The maximum Gasteiger partial charge on any atom is 0.144 e. The Bertz CT molecular complexity index is 844. The van der Waals surface area contributed by atoms with Crippen LogP contribution in [0.15, 0.2) is 43.1 Å². The van der Waals surface area contributed by atoms with Gasteiger partial charge < -0.3 is 5.32 Å². The molecule has 3 rings (SSSR count). The second-order valence-electron chi connectivity index (χ2n) is 5.26. The van der Waals surface area contributed by atoms with Crippen molar-refractivity contribution in [2.24, 2.45) is 0 Å². The molecule has 3 heterocycles. The molecule has 3 aromatic heterocycles. The predicted octanol–water partition coefficient (Wildman–Crippen LogP) is 2.76. The highest BCUT2D eigenvalue weighted by molar-refractivity contribution is 5.56. The highest BCUT2D eigenvalue weighted by atomic mass is 15.1. The molecule has 0 atom stereocenters. The predicted molar refractivity (Wildman–Crippen MR) is 87.1 cm³/mol. The Morgan fingerprint density at radius 2 is 2.17 bits per heavy atom. The Kier molecular flexibility index (Phi) is 4.02. The molecule has 114 valence electrons. The van der Waals surface area contributed by atoms with Gasteiger partial charge in [0.15, 0.2) is 0 Å². The molecular weight excluding hydrogens is 288 g/mol. The van der Waals surface area contributed by atoms with Crippen LogP contribution in [0.1, 0.15) is 22.4 Å². The Morgan fingerprint density at radius 1 is 1.30 bits per heavy atom. The molecule has 1 N–H and O–H groups in total. The number of aryl methyl sites for hydroxylation is 2. The lowest BCUT2D eigenvalue weighted by atomic mass is 10.1. The normalized spacial score (nSPS) is 10.3. The lowest BCUT2D eigenvalue weighted by molar-refractivity contribution is 0.975. The second kappa shape index (κ2) is 6.28. The van der Waals surface area contributed by atoms with Gasteiger partial charge in [-0.1, -0.05) is 6.07 Å². The summed E-state index contributed by atoms with van der Waals surface area (Å²) in [5.74, 6) is 1.43. The Labute approximate surface area is 134 Å². The second-order valence-corrected chi connectivity index (χ2v) is 5.26. The highest BCUT2D eigenvalue weighted by Gasteiger charge is 2.08. The van der Waals surface area contributed by atoms with E-state index < -0.39 is 0 Å². The van der Waals surface area contributed by atoms with Gasteiger partial charge >= 0.3 is 0 Å². The van der Waals surface area contributed by atoms with Crippen LogP contribution in [0, 0.1) is 25.2 Å². The van der Waals surface area contributed by atoms with Crippen molar-refractivity contribution in [1.82, 2.24) is 19.5 Å². The van der Waals surface area contributed by atoms with Crippen molar-refractivity contribution >= 4 is 5.82 Å². The molecule has 0 aliphatic rings. The largest absolute Gasteiger partial charge is 0.365 e. The molecule has 0 spiro atoms. The average molecular weight is 304 g/mol. The summed E-state index contributed by atoms with van der Waals surface area (Å²) in [6.45, 7) is 4.39.